The second-order valence-electron chi connectivity index (χ2n) is 7.44. The summed E-state index contributed by atoms with van der Waals surface area (Å²) < 4.78 is 61.5. The number of fused-ring (bicyclic) bond motifs is 1. The highest BCUT2D eigenvalue weighted by atomic mass is 32.2. The predicted octanol–water partition coefficient (Wildman–Crippen LogP) is 2.90. The Morgan fingerprint density at radius 1 is 0.943 bits per heavy atom. The lowest BCUT2D eigenvalue weighted by atomic mass is 10.1. The van der Waals surface area contributed by atoms with E-state index < -0.39 is 22.7 Å². The van der Waals surface area contributed by atoms with Crippen molar-refractivity contribution in [3.05, 3.63) is 60.3 Å². The van der Waals surface area contributed by atoms with E-state index in [1.165, 1.54) is 18.3 Å². The Labute approximate surface area is 197 Å². The fourth-order valence-electron chi connectivity index (χ4n) is 3.15. The standard InChI is InChI=1S/C21H19F3N8O2S/c22-21(23,24)11-29-19-18-16(6-5-15(30-18)13-7-8-27-17(25)9-13)31-20(32-19)28-10-12-1-3-14(4-2-12)35(26,33)34/h1-9H,10-11H2,(H2,25,27)(H2,26,33,34)(H2,28,29,31,32). The van der Waals surface area contributed by atoms with Gasteiger partial charge in [0.2, 0.25) is 16.0 Å². The smallest absolute Gasteiger partial charge is 0.384 e. The van der Waals surface area contributed by atoms with E-state index in [1.807, 2.05) is 0 Å². The summed E-state index contributed by atoms with van der Waals surface area (Å²) in [4.78, 5) is 16.8. The zero-order chi connectivity index (χ0) is 25.2. The molecule has 35 heavy (non-hydrogen) atoms. The topological polar surface area (TPSA) is 162 Å². The maximum absolute atomic E-state index is 12.9. The molecule has 4 rings (SSSR count). The number of sulfonamides is 1. The van der Waals surface area contributed by atoms with E-state index in [1.54, 1.807) is 36.4 Å². The fourth-order valence-corrected chi connectivity index (χ4v) is 3.66. The summed E-state index contributed by atoms with van der Waals surface area (Å²) in [5, 5.41) is 10.3. The van der Waals surface area contributed by atoms with Gasteiger partial charge in [-0.05, 0) is 42.0 Å². The van der Waals surface area contributed by atoms with Gasteiger partial charge < -0.3 is 16.4 Å². The maximum atomic E-state index is 12.9. The van der Waals surface area contributed by atoms with E-state index in [0.717, 1.165) is 0 Å². The molecular formula is C21H19F3N8O2S. The molecule has 0 bridgehead atoms. The zero-order valence-corrected chi connectivity index (χ0v) is 18.7. The van der Waals surface area contributed by atoms with Gasteiger partial charge in [-0.2, -0.15) is 18.2 Å². The minimum absolute atomic E-state index is 0.0420. The van der Waals surface area contributed by atoms with E-state index in [-0.39, 0.29) is 34.5 Å². The van der Waals surface area contributed by atoms with Gasteiger partial charge in [-0.1, -0.05) is 12.1 Å². The number of hydrogen-bond acceptors (Lipinski definition) is 9. The van der Waals surface area contributed by atoms with Crippen LogP contribution in [0.1, 0.15) is 5.56 Å². The molecule has 0 atom stereocenters. The Morgan fingerprint density at radius 2 is 1.69 bits per heavy atom. The molecule has 1 aromatic carbocycles. The molecule has 0 radical (unpaired) electrons. The molecule has 14 heteroatoms. The van der Waals surface area contributed by atoms with Crippen LogP contribution in [0.5, 0.6) is 0 Å². The van der Waals surface area contributed by atoms with Crippen LogP contribution in [0.4, 0.5) is 30.8 Å². The van der Waals surface area contributed by atoms with Crippen molar-refractivity contribution in [1.29, 1.82) is 0 Å². The molecule has 3 aromatic heterocycles. The zero-order valence-electron chi connectivity index (χ0n) is 17.9. The summed E-state index contributed by atoms with van der Waals surface area (Å²) in [7, 11) is -3.82. The van der Waals surface area contributed by atoms with Gasteiger partial charge in [0.25, 0.3) is 0 Å². The quantitative estimate of drug-likeness (QED) is 0.296. The summed E-state index contributed by atoms with van der Waals surface area (Å²) in [6.45, 7) is -1.14. The minimum atomic E-state index is -4.48. The van der Waals surface area contributed by atoms with Crippen LogP contribution in [0.25, 0.3) is 22.3 Å². The number of pyridine rings is 2. The number of nitrogen functional groups attached to an aromatic ring is 1. The molecule has 0 amide bonds. The lowest BCUT2D eigenvalue weighted by molar-refractivity contribution is -0.115. The van der Waals surface area contributed by atoms with Gasteiger partial charge in [-0.3, -0.25) is 0 Å². The normalized spacial score (nSPS) is 12.0. The van der Waals surface area contributed by atoms with Crippen LogP contribution in [0.15, 0.2) is 59.6 Å². The van der Waals surface area contributed by atoms with Crippen LogP contribution in [0, 0.1) is 0 Å². The molecular weight excluding hydrogens is 485 g/mol. The van der Waals surface area contributed by atoms with Crippen molar-refractivity contribution >= 4 is 38.6 Å². The lowest BCUT2D eigenvalue weighted by Crippen LogP contribution is -2.22. The van der Waals surface area contributed by atoms with Crippen molar-refractivity contribution in [2.45, 2.75) is 17.6 Å². The van der Waals surface area contributed by atoms with Crippen molar-refractivity contribution in [3.63, 3.8) is 0 Å². The first-order valence-corrected chi connectivity index (χ1v) is 11.6. The number of anilines is 3. The average molecular weight is 504 g/mol. The van der Waals surface area contributed by atoms with Crippen LogP contribution in [-0.4, -0.2) is 41.1 Å². The SMILES string of the molecule is Nc1cc(-c2ccc3nc(NCc4ccc(S(N)(=O)=O)cc4)nc(NCC(F)(F)F)c3n2)ccn1. The Bertz CT molecular complexity index is 1480. The minimum Gasteiger partial charge on any atom is -0.384 e. The first-order valence-electron chi connectivity index (χ1n) is 10.0. The third-order valence-corrected chi connectivity index (χ3v) is 5.71. The van der Waals surface area contributed by atoms with E-state index in [2.05, 4.69) is 30.6 Å². The van der Waals surface area contributed by atoms with Gasteiger partial charge >= 0.3 is 6.18 Å². The monoisotopic (exact) mass is 504 g/mol. The van der Waals surface area contributed by atoms with Gasteiger partial charge in [0, 0.05) is 18.3 Å². The molecule has 0 spiro atoms. The van der Waals surface area contributed by atoms with Crippen LogP contribution < -0.4 is 21.5 Å². The molecule has 0 aliphatic carbocycles. The van der Waals surface area contributed by atoms with Crippen LogP contribution in [-0.2, 0) is 16.6 Å². The predicted molar refractivity (Wildman–Crippen MR) is 125 cm³/mol. The second kappa shape index (κ2) is 9.31. The highest BCUT2D eigenvalue weighted by molar-refractivity contribution is 7.89. The van der Waals surface area contributed by atoms with Gasteiger partial charge in [0.15, 0.2) is 5.82 Å². The Balaban J connectivity index is 1.65. The fraction of sp³-hybridized carbons (Fsp3) is 0.143. The number of rotatable bonds is 7. The molecule has 0 aliphatic heterocycles. The van der Waals surface area contributed by atoms with Crippen LogP contribution in [0.2, 0.25) is 0 Å². The molecule has 0 saturated heterocycles. The van der Waals surface area contributed by atoms with Crippen LogP contribution >= 0.6 is 0 Å². The Hall–Kier alpha value is -4.04. The number of hydrogen-bond donors (Lipinski definition) is 4. The number of nitrogens with two attached hydrogens (primary N) is 2. The van der Waals surface area contributed by atoms with E-state index in [9.17, 15) is 21.6 Å². The molecule has 10 nitrogen and oxygen atoms in total. The number of nitrogens with zero attached hydrogens (tertiary/aromatic N) is 4. The van der Waals surface area contributed by atoms with Gasteiger partial charge in [0.05, 0.1) is 16.1 Å². The summed E-state index contributed by atoms with van der Waals surface area (Å²) >= 11 is 0. The maximum Gasteiger partial charge on any atom is 0.405 e. The van der Waals surface area contributed by atoms with Gasteiger partial charge in [0.1, 0.15) is 17.9 Å². The lowest BCUT2D eigenvalue weighted by Gasteiger charge is -2.13. The summed E-state index contributed by atoms with van der Waals surface area (Å²) in [6.07, 6.45) is -2.98. The second-order valence-corrected chi connectivity index (χ2v) is 9.00. The molecule has 182 valence electrons. The highest BCUT2D eigenvalue weighted by Gasteiger charge is 2.27. The number of halogens is 3. The average Bonchev–Trinajstić information content (AvgIpc) is 2.80. The number of benzene rings is 1. The van der Waals surface area contributed by atoms with E-state index >= 15 is 0 Å². The first kappa shape index (κ1) is 24.1. The van der Waals surface area contributed by atoms with Crippen LogP contribution in [0.3, 0.4) is 0 Å². The molecule has 0 saturated carbocycles. The third-order valence-electron chi connectivity index (χ3n) is 4.78. The summed E-state index contributed by atoms with van der Waals surface area (Å²) in [5.41, 5.74) is 7.94. The first-order chi connectivity index (χ1) is 16.5. The molecule has 3 heterocycles. The molecule has 4 aromatic rings. The van der Waals surface area contributed by atoms with Gasteiger partial charge in [-0.25, -0.2) is 28.5 Å². The molecule has 0 fully saturated rings. The number of nitrogens with one attached hydrogen (secondary N) is 2. The Kier molecular flexibility index (Phi) is 6.41. The molecule has 0 aliphatic rings. The molecule has 6 N–H and O–H groups in total. The Morgan fingerprint density at radius 3 is 2.34 bits per heavy atom. The highest BCUT2D eigenvalue weighted by Crippen LogP contribution is 2.27. The van der Waals surface area contributed by atoms with Crippen molar-refractivity contribution in [1.82, 2.24) is 19.9 Å². The summed E-state index contributed by atoms with van der Waals surface area (Å²) in [6, 6.07) is 12.3. The van der Waals surface area contributed by atoms with Crippen molar-refractivity contribution in [3.8, 4) is 11.3 Å². The van der Waals surface area contributed by atoms with Crippen molar-refractivity contribution < 1.29 is 21.6 Å². The third kappa shape index (κ3) is 6.10. The number of primary sulfonamides is 1. The van der Waals surface area contributed by atoms with Crippen molar-refractivity contribution in [2.75, 3.05) is 22.9 Å². The summed E-state index contributed by atoms with van der Waals surface area (Å²) in [5.74, 6) is 0.219. The van der Waals surface area contributed by atoms with Crippen molar-refractivity contribution in [2.24, 2.45) is 5.14 Å². The molecule has 0 unspecified atom stereocenters. The number of alkyl halides is 3. The van der Waals surface area contributed by atoms with Gasteiger partial charge in [-0.15, -0.1) is 0 Å². The number of aromatic nitrogens is 4. The van der Waals surface area contributed by atoms with E-state index in [4.69, 9.17) is 10.9 Å². The van der Waals surface area contributed by atoms with E-state index in [0.29, 0.717) is 22.3 Å². The largest absolute Gasteiger partial charge is 0.405 e.